The summed E-state index contributed by atoms with van der Waals surface area (Å²) in [6, 6.07) is 17.5. The minimum absolute atomic E-state index is 0.00150. The van der Waals surface area contributed by atoms with E-state index in [9.17, 15) is 18.0 Å². The molecule has 3 N–H and O–H groups in total. The van der Waals surface area contributed by atoms with Gasteiger partial charge in [0.2, 0.25) is 0 Å². The van der Waals surface area contributed by atoms with Gasteiger partial charge in [0, 0.05) is 22.0 Å². The van der Waals surface area contributed by atoms with Gasteiger partial charge < -0.3 is 10.4 Å². The van der Waals surface area contributed by atoms with Crippen molar-refractivity contribution in [1.29, 1.82) is 0 Å². The molecule has 7 nitrogen and oxygen atoms in total. The zero-order valence-electron chi connectivity index (χ0n) is 14.8. The number of carboxylic acids is 1. The van der Waals surface area contributed by atoms with E-state index in [0.29, 0.717) is 5.69 Å². The number of anilines is 2. The van der Waals surface area contributed by atoms with E-state index in [0.717, 1.165) is 0 Å². The summed E-state index contributed by atoms with van der Waals surface area (Å²) >= 11 is 5.85. The van der Waals surface area contributed by atoms with Crippen LogP contribution in [0.25, 0.3) is 0 Å². The van der Waals surface area contributed by atoms with Crippen molar-refractivity contribution in [2.45, 2.75) is 4.90 Å². The predicted molar refractivity (Wildman–Crippen MR) is 110 cm³/mol. The number of sulfonamides is 1. The lowest BCUT2D eigenvalue weighted by atomic mass is 10.1. The molecule has 0 heterocycles. The van der Waals surface area contributed by atoms with Gasteiger partial charge in [0.15, 0.2) is 0 Å². The average Bonchev–Trinajstić information content (AvgIpc) is 2.68. The van der Waals surface area contributed by atoms with Crippen LogP contribution in [0.2, 0.25) is 5.02 Å². The van der Waals surface area contributed by atoms with E-state index in [-0.39, 0.29) is 26.7 Å². The molecule has 1 amide bonds. The third-order valence-electron chi connectivity index (χ3n) is 3.87. The van der Waals surface area contributed by atoms with Crippen molar-refractivity contribution in [2.24, 2.45) is 0 Å². The average molecular weight is 431 g/mol. The normalized spacial score (nSPS) is 10.9. The number of benzene rings is 3. The molecular weight excluding hydrogens is 416 g/mol. The lowest BCUT2D eigenvalue weighted by Crippen LogP contribution is -2.15. The summed E-state index contributed by atoms with van der Waals surface area (Å²) in [5, 5.41) is 11.8. The molecule has 0 spiro atoms. The molecule has 3 aromatic carbocycles. The summed E-state index contributed by atoms with van der Waals surface area (Å²) in [5.74, 6) is -1.54. The van der Waals surface area contributed by atoms with Crippen LogP contribution in [-0.2, 0) is 10.0 Å². The number of amides is 1. The number of hydrogen-bond acceptors (Lipinski definition) is 4. The maximum Gasteiger partial charge on any atom is 0.335 e. The van der Waals surface area contributed by atoms with Gasteiger partial charge in [-0.2, -0.15) is 0 Å². The highest BCUT2D eigenvalue weighted by molar-refractivity contribution is 7.92. The number of nitrogens with one attached hydrogen (secondary N) is 2. The first-order valence-corrected chi connectivity index (χ1v) is 10.1. The van der Waals surface area contributed by atoms with Gasteiger partial charge in [-0.1, -0.05) is 23.7 Å². The standard InChI is InChI=1S/C20H15ClN2O5S/c21-15-4-2-6-18(12-15)29(27,28)23-17-5-1-3-14(11-17)19(24)22-16-9-7-13(8-10-16)20(25)26/h1-12,23H,(H,22,24)(H,25,26). The maximum absolute atomic E-state index is 12.5. The Bertz CT molecular complexity index is 1180. The van der Waals surface area contributed by atoms with Crippen LogP contribution in [0.5, 0.6) is 0 Å². The van der Waals surface area contributed by atoms with E-state index in [1.165, 1.54) is 66.7 Å². The molecule has 29 heavy (non-hydrogen) atoms. The summed E-state index contributed by atoms with van der Waals surface area (Å²) in [6.07, 6.45) is 0. The molecule has 0 saturated heterocycles. The molecule has 0 unspecified atom stereocenters. The number of halogens is 1. The SMILES string of the molecule is O=C(O)c1ccc(NC(=O)c2cccc(NS(=O)(=O)c3cccc(Cl)c3)c2)cc1. The highest BCUT2D eigenvalue weighted by atomic mass is 35.5. The maximum atomic E-state index is 12.5. The smallest absolute Gasteiger partial charge is 0.335 e. The van der Waals surface area contributed by atoms with Gasteiger partial charge in [-0.3, -0.25) is 9.52 Å². The zero-order valence-corrected chi connectivity index (χ0v) is 16.4. The van der Waals surface area contributed by atoms with E-state index >= 15 is 0 Å². The molecule has 0 aliphatic rings. The van der Waals surface area contributed by atoms with Crippen molar-refractivity contribution < 1.29 is 23.1 Å². The van der Waals surface area contributed by atoms with Crippen molar-refractivity contribution >= 4 is 44.9 Å². The number of carboxylic acid groups (broad SMARTS) is 1. The van der Waals surface area contributed by atoms with E-state index in [1.807, 2.05) is 0 Å². The number of carbonyl (C=O) groups is 2. The molecule has 0 radical (unpaired) electrons. The van der Waals surface area contributed by atoms with Crippen molar-refractivity contribution in [1.82, 2.24) is 0 Å². The van der Waals surface area contributed by atoms with Crippen LogP contribution in [0.4, 0.5) is 11.4 Å². The summed E-state index contributed by atoms with van der Waals surface area (Å²) in [7, 11) is -3.87. The van der Waals surface area contributed by atoms with Crippen LogP contribution in [0, 0.1) is 0 Å². The molecule has 0 aromatic heterocycles. The second-order valence-electron chi connectivity index (χ2n) is 5.98. The van der Waals surface area contributed by atoms with Gasteiger partial charge in [-0.25, -0.2) is 13.2 Å². The number of rotatable bonds is 6. The van der Waals surface area contributed by atoms with Gasteiger partial charge in [0.05, 0.1) is 10.5 Å². The second-order valence-corrected chi connectivity index (χ2v) is 8.10. The highest BCUT2D eigenvalue weighted by Gasteiger charge is 2.16. The fourth-order valence-corrected chi connectivity index (χ4v) is 3.82. The topological polar surface area (TPSA) is 113 Å². The van der Waals surface area contributed by atoms with Crippen LogP contribution < -0.4 is 10.0 Å². The first-order valence-electron chi connectivity index (χ1n) is 8.28. The Balaban J connectivity index is 1.76. The van der Waals surface area contributed by atoms with Gasteiger partial charge in [-0.15, -0.1) is 0 Å². The zero-order chi connectivity index (χ0) is 21.0. The third-order valence-corrected chi connectivity index (χ3v) is 5.49. The van der Waals surface area contributed by atoms with Crippen LogP contribution in [0.1, 0.15) is 20.7 Å². The molecule has 3 aromatic rings. The van der Waals surface area contributed by atoms with Gasteiger partial charge in [-0.05, 0) is 60.7 Å². The molecule has 0 atom stereocenters. The third kappa shape index (κ3) is 5.13. The molecule has 3 rings (SSSR count). The summed E-state index contributed by atoms with van der Waals surface area (Å²) in [6.45, 7) is 0. The molecule has 0 aliphatic carbocycles. The first-order chi connectivity index (χ1) is 13.7. The molecule has 0 saturated carbocycles. The second kappa shape index (κ2) is 8.34. The molecule has 0 aliphatic heterocycles. The monoisotopic (exact) mass is 430 g/mol. The highest BCUT2D eigenvalue weighted by Crippen LogP contribution is 2.20. The Kier molecular flexibility index (Phi) is 5.86. The lowest BCUT2D eigenvalue weighted by Gasteiger charge is -2.10. The summed E-state index contributed by atoms with van der Waals surface area (Å²) in [4.78, 5) is 23.3. The van der Waals surface area contributed by atoms with Crippen molar-refractivity contribution in [3.63, 3.8) is 0 Å². The minimum Gasteiger partial charge on any atom is -0.478 e. The van der Waals surface area contributed by atoms with Gasteiger partial charge in [0.25, 0.3) is 15.9 Å². The molecule has 0 fully saturated rings. The van der Waals surface area contributed by atoms with Crippen molar-refractivity contribution in [2.75, 3.05) is 10.0 Å². The Morgan fingerprint density at radius 3 is 2.17 bits per heavy atom. The van der Waals surface area contributed by atoms with Crippen LogP contribution in [0.15, 0.2) is 77.7 Å². The van der Waals surface area contributed by atoms with E-state index in [4.69, 9.17) is 16.7 Å². The molecule has 148 valence electrons. The Morgan fingerprint density at radius 2 is 1.52 bits per heavy atom. The van der Waals surface area contributed by atoms with E-state index in [2.05, 4.69) is 10.0 Å². The number of hydrogen-bond donors (Lipinski definition) is 3. The first kappa shape index (κ1) is 20.4. The molecular formula is C20H15ClN2O5S. The van der Waals surface area contributed by atoms with E-state index in [1.54, 1.807) is 6.07 Å². The fraction of sp³-hybridized carbons (Fsp3) is 0. The van der Waals surface area contributed by atoms with E-state index < -0.39 is 21.9 Å². The Labute approximate surface area is 172 Å². The van der Waals surface area contributed by atoms with Crippen LogP contribution >= 0.6 is 11.6 Å². The Hall–Kier alpha value is -3.36. The fourth-order valence-electron chi connectivity index (χ4n) is 2.47. The number of carbonyl (C=O) groups excluding carboxylic acids is 1. The Morgan fingerprint density at radius 1 is 0.828 bits per heavy atom. The molecule has 0 bridgehead atoms. The van der Waals surface area contributed by atoms with Gasteiger partial charge in [0.1, 0.15) is 0 Å². The summed E-state index contributed by atoms with van der Waals surface area (Å²) in [5.41, 5.74) is 0.933. The predicted octanol–water partition coefficient (Wildman–Crippen LogP) is 4.09. The van der Waals surface area contributed by atoms with Crippen molar-refractivity contribution in [3.05, 3.63) is 88.9 Å². The molecule has 9 heteroatoms. The van der Waals surface area contributed by atoms with Crippen LogP contribution in [-0.4, -0.2) is 25.4 Å². The number of aromatic carboxylic acids is 1. The van der Waals surface area contributed by atoms with Crippen LogP contribution in [0.3, 0.4) is 0 Å². The van der Waals surface area contributed by atoms with Gasteiger partial charge >= 0.3 is 5.97 Å². The largest absolute Gasteiger partial charge is 0.478 e. The van der Waals surface area contributed by atoms with Crippen molar-refractivity contribution in [3.8, 4) is 0 Å². The summed E-state index contributed by atoms with van der Waals surface area (Å²) < 4.78 is 27.4. The lowest BCUT2D eigenvalue weighted by molar-refractivity contribution is 0.0696. The quantitative estimate of drug-likeness (QED) is 0.545. The minimum atomic E-state index is -3.87.